The summed E-state index contributed by atoms with van der Waals surface area (Å²) in [5, 5.41) is 10.6. The van der Waals surface area contributed by atoms with E-state index in [4.69, 9.17) is 0 Å². The zero-order valence-corrected chi connectivity index (χ0v) is 19.8. The van der Waals surface area contributed by atoms with E-state index in [-0.39, 0.29) is 6.10 Å². The summed E-state index contributed by atoms with van der Waals surface area (Å²) in [6.45, 7) is 17.1. The zero-order valence-electron chi connectivity index (χ0n) is 19.8. The maximum atomic E-state index is 10.6. The van der Waals surface area contributed by atoms with Crippen LogP contribution in [0.4, 0.5) is 0 Å². The molecule has 1 heteroatoms. The third-order valence-electron chi connectivity index (χ3n) is 12.2. The number of fused-ring (bicyclic) bond motifs is 7. The number of allylic oxidation sites excluding steroid dienone is 1. The van der Waals surface area contributed by atoms with Crippen LogP contribution < -0.4 is 0 Å². The fourth-order valence-corrected chi connectivity index (χ4v) is 10.8. The minimum atomic E-state index is -0.0565. The molecule has 0 radical (unpaired) electrons. The number of hydrogen-bond donors (Lipinski definition) is 1. The standard InChI is InChI=1S/C28H46O/c1-17(2)19-9-13-26(4)14-10-22-20(25(19)26)7-8-24-27(5)16-12-23(29)18(3)21(27)11-15-28(22,24)6/h18-25,29H,1,7-16H2,2-6H3/t18-,19?,20?,21?,22?,23+,24?,25?,26-,27+,28+/m1/s1. The summed E-state index contributed by atoms with van der Waals surface area (Å²) in [5.74, 6) is 5.65. The van der Waals surface area contributed by atoms with Gasteiger partial charge in [0.1, 0.15) is 0 Å². The van der Waals surface area contributed by atoms with Gasteiger partial charge in [-0.05, 0) is 129 Å². The lowest BCUT2D eigenvalue weighted by molar-refractivity contribution is -0.195. The molecule has 1 nitrogen and oxygen atoms in total. The summed E-state index contributed by atoms with van der Waals surface area (Å²) in [7, 11) is 0. The predicted octanol–water partition coefficient (Wildman–Crippen LogP) is 7.24. The molecule has 0 aliphatic heterocycles. The Hall–Kier alpha value is -0.300. The van der Waals surface area contributed by atoms with Crippen molar-refractivity contribution in [2.75, 3.05) is 0 Å². The minimum absolute atomic E-state index is 0.0565. The topological polar surface area (TPSA) is 20.2 Å². The molecule has 6 unspecified atom stereocenters. The van der Waals surface area contributed by atoms with Crippen LogP contribution in [0.3, 0.4) is 0 Å². The minimum Gasteiger partial charge on any atom is -0.393 e. The van der Waals surface area contributed by atoms with Crippen molar-refractivity contribution in [2.24, 2.45) is 57.7 Å². The largest absolute Gasteiger partial charge is 0.393 e. The average Bonchev–Trinajstić information content (AvgIpc) is 3.03. The van der Waals surface area contributed by atoms with Crippen molar-refractivity contribution in [2.45, 2.75) is 105 Å². The highest BCUT2D eigenvalue weighted by Crippen LogP contribution is 2.72. The Kier molecular flexibility index (Phi) is 4.69. The van der Waals surface area contributed by atoms with Gasteiger partial charge in [0.15, 0.2) is 0 Å². The van der Waals surface area contributed by atoms with Gasteiger partial charge in [0.05, 0.1) is 6.10 Å². The van der Waals surface area contributed by atoms with Gasteiger partial charge in [-0.3, -0.25) is 0 Å². The molecule has 5 saturated carbocycles. The van der Waals surface area contributed by atoms with Crippen LogP contribution in [0, 0.1) is 57.7 Å². The lowest BCUT2D eigenvalue weighted by Crippen LogP contribution is -2.61. The van der Waals surface area contributed by atoms with Gasteiger partial charge in [-0.2, -0.15) is 0 Å². The Morgan fingerprint density at radius 3 is 2.17 bits per heavy atom. The van der Waals surface area contributed by atoms with Crippen LogP contribution in [0.5, 0.6) is 0 Å². The Morgan fingerprint density at radius 1 is 0.828 bits per heavy atom. The molecule has 0 aromatic rings. The van der Waals surface area contributed by atoms with Crippen LogP contribution in [0.15, 0.2) is 12.2 Å². The summed E-state index contributed by atoms with van der Waals surface area (Å²) >= 11 is 0. The second kappa shape index (κ2) is 6.60. The summed E-state index contributed by atoms with van der Waals surface area (Å²) in [5.41, 5.74) is 3.04. The second-order valence-electron chi connectivity index (χ2n) is 13.2. The molecule has 5 aliphatic rings. The summed E-state index contributed by atoms with van der Waals surface area (Å²) in [6, 6.07) is 0. The molecule has 11 atom stereocenters. The van der Waals surface area contributed by atoms with E-state index in [0.717, 1.165) is 41.9 Å². The quantitative estimate of drug-likeness (QED) is 0.461. The smallest absolute Gasteiger partial charge is 0.0568 e. The van der Waals surface area contributed by atoms with Gasteiger partial charge in [0.25, 0.3) is 0 Å². The molecule has 1 N–H and O–H groups in total. The highest BCUT2D eigenvalue weighted by atomic mass is 16.3. The number of aliphatic hydroxyl groups excluding tert-OH is 1. The van der Waals surface area contributed by atoms with Gasteiger partial charge in [0, 0.05) is 0 Å². The molecular weight excluding hydrogens is 352 g/mol. The first-order chi connectivity index (χ1) is 13.6. The monoisotopic (exact) mass is 398 g/mol. The molecule has 0 bridgehead atoms. The number of rotatable bonds is 1. The number of aliphatic hydroxyl groups is 1. The Balaban J connectivity index is 1.48. The van der Waals surface area contributed by atoms with E-state index in [1.165, 1.54) is 63.4 Å². The van der Waals surface area contributed by atoms with Crippen LogP contribution in [0.1, 0.15) is 98.8 Å². The van der Waals surface area contributed by atoms with Gasteiger partial charge < -0.3 is 5.11 Å². The van der Waals surface area contributed by atoms with E-state index in [9.17, 15) is 5.11 Å². The third kappa shape index (κ3) is 2.68. The molecule has 0 aromatic heterocycles. The fourth-order valence-electron chi connectivity index (χ4n) is 10.8. The highest BCUT2D eigenvalue weighted by molar-refractivity contribution is 5.17. The highest BCUT2D eigenvalue weighted by Gasteiger charge is 2.65. The Bertz CT molecular complexity index is 682. The molecule has 5 fully saturated rings. The fraction of sp³-hybridized carbons (Fsp3) is 0.929. The molecule has 0 spiro atoms. The first-order valence-corrected chi connectivity index (χ1v) is 13.0. The van der Waals surface area contributed by atoms with E-state index in [0.29, 0.717) is 22.2 Å². The van der Waals surface area contributed by atoms with Crippen molar-refractivity contribution >= 4 is 0 Å². The predicted molar refractivity (Wildman–Crippen MR) is 121 cm³/mol. The summed E-state index contributed by atoms with van der Waals surface area (Å²) < 4.78 is 0. The first-order valence-electron chi connectivity index (χ1n) is 13.0. The maximum Gasteiger partial charge on any atom is 0.0568 e. The molecule has 0 amide bonds. The van der Waals surface area contributed by atoms with E-state index in [2.05, 4.69) is 41.2 Å². The van der Waals surface area contributed by atoms with E-state index >= 15 is 0 Å². The second-order valence-corrected chi connectivity index (χ2v) is 13.2. The molecule has 0 saturated heterocycles. The molecule has 0 heterocycles. The molecule has 0 aromatic carbocycles. The Morgan fingerprint density at radius 2 is 1.45 bits per heavy atom. The van der Waals surface area contributed by atoms with Crippen molar-refractivity contribution in [3.05, 3.63) is 12.2 Å². The van der Waals surface area contributed by atoms with E-state index in [1.807, 2.05) is 0 Å². The van der Waals surface area contributed by atoms with Gasteiger partial charge >= 0.3 is 0 Å². The van der Waals surface area contributed by atoms with Crippen molar-refractivity contribution in [1.29, 1.82) is 0 Å². The Labute approximate surface area is 180 Å². The zero-order chi connectivity index (χ0) is 20.8. The van der Waals surface area contributed by atoms with Crippen molar-refractivity contribution in [1.82, 2.24) is 0 Å². The molecule has 5 rings (SSSR count). The van der Waals surface area contributed by atoms with Crippen LogP contribution >= 0.6 is 0 Å². The lowest BCUT2D eigenvalue weighted by atomic mass is 9.37. The number of hydrogen-bond acceptors (Lipinski definition) is 1. The molecular formula is C28H46O. The van der Waals surface area contributed by atoms with Crippen LogP contribution in [-0.2, 0) is 0 Å². The van der Waals surface area contributed by atoms with Crippen molar-refractivity contribution in [3.8, 4) is 0 Å². The summed E-state index contributed by atoms with van der Waals surface area (Å²) in [6.07, 6.45) is 13.7. The molecule has 164 valence electrons. The SMILES string of the molecule is C=C(C)C1CC[C@]2(C)CCC3C(CCC4[C@@]3(C)CCC3[C@@H](C)[C@@H](O)CC[C@@]34C)C12. The maximum absolute atomic E-state index is 10.6. The van der Waals surface area contributed by atoms with Gasteiger partial charge in [-0.1, -0.05) is 39.8 Å². The average molecular weight is 399 g/mol. The van der Waals surface area contributed by atoms with Gasteiger partial charge in [0.2, 0.25) is 0 Å². The van der Waals surface area contributed by atoms with Crippen molar-refractivity contribution < 1.29 is 5.11 Å². The van der Waals surface area contributed by atoms with Gasteiger partial charge in [-0.25, -0.2) is 0 Å². The van der Waals surface area contributed by atoms with E-state index in [1.54, 1.807) is 0 Å². The third-order valence-corrected chi connectivity index (χ3v) is 12.2. The molecule has 29 heavy (non-hydrogen) atoms. The van der Waals surface area contributed by atoms with E-state index < -0.39 is 0 Å². The van der Waals surface area contributed by atoms with Crippen LogP contribution in [0.2, 0.25) is 0 Å². The van der Waals surface area contributed by atoms with Gasteiger partial charge in [-0.15, -0.1) is 0 Å². The summed E-state index contributed by atoms with van der Waals surface area (Å²) in [4.78, 5) is 0. The lowest BCUT2D eigenvalue weighted by Gasteiger charge is -2.68. The normalized spacial score (nSPS) is 59.2. The first kappa shape index (κ1) is 20.6. The molecule has 5 aliphatic carbocycles. The van der Waals surface area contributed by atoms with Crippen LogP contribution in [-0.4, -0.2) is 11.2 Å². The van der Waals surface area contributed by atoms with Crippen LogP contribution in [0.25, 0.3) is 0 Å². The van der Waals surface area contributed by atoms with Crippen molar-refractivity contribution in [3.63, 3.8) is 0 Å².